The molecule has 1 aliphatic rings. The van der Waals surface area contributed by atoms with Crippen LogP contribution in [0.3, 0.4) is 0 Å². The largest absolute Gasteiger partial charge is 0.497 e. The lowest BCUT2D eigenvalue weighted by Crippen LogP contribution is -2.25. The Bertz CT molecular complexity index is 859. The summed E-state index contributed by atoms with van der Waals surface area (Å²) in [6.07, 6.45) is 2.28. The highest BCUT2D eigenvalue weighted by atomic mass is 32.2. The first-order valence-electron chi connectivity index (χ1n) is 8.03. The summed E-state index contributed by atoms with van der Waals surface area (Å²) >= 11 is 0. The molecule has 3 rings (SSSR count). The second-order valence-corrected chi connectivity index (χ2v) is 7.70. The summed E-state index contributed by atoms with van der Waals surface area (Å²) < 4.78 is 32.6. The third-order valence-electron chi connectivity index (χ3n) is 4.00. The molecule has 0 aromatic heterocycles. The molecular formula is C18H20N2O4S. The SMILES string of the molecule is COc1ccc(NS(=O)(=O)c2cccc(C(=O)NCC3CC3)c2)cc1. The molecule has 2 aromatic rings. The molecule has 25 heavy (non-hydrogen) atoms. The van der Waals surface area contributed by atoms with Crippen molar-refractivity contribution in [3.05, 3.63) is 54.1 Å². The van der Waals surface area contributed by atoms with Crippen LogP contribution in [0.5, 0.6) is 5.75 Å². The molecule has 0 spiro atoms. The summed E-state index contributed by atoms with van der Waals surface area (Å²) in [5, 5.41) is 2.83. The van der Waals surface area contributed by atoms with Gasteiger partial charge in [0.2, 0.25) is 0 Å². The maximum Gasteiger partial charge on any atom is 0.261 e. The van der Waals surface area contributed by atoms with Crippen LogP contribution in [-0.4, -0.2) is 28.0 Å². The molecule has 0 unspecified atom stereocenters. The van der Waals surface area contributed by atoms with Crippen molar-refractivity contribution in [1.82, 2.24) is 5.32 Å². The summed E-state index contributed by atoms with van der Waals surface area (Å²) in [7, 11) is -2.24. The summed E-state index contributed by atoms with van der Waals surface area (Å²) in [6, 6.07) is 12.6. The van der Waals surface area contributed by atoms with Gasteiger partial charge in [0.05, 0.1) is 12.0 Å². The molecule has 0 radical (unpaired) electrons. The summed E-state index contributed by atoms with van der Waals surface area (Å²) in [5.41, 5.74) is 0.752. The van der Waals surface area contributed by atoms with E-state index in [0.29, 0.717) is 29.5 Å². The smallest absolute Gasteiger partial charge is 0.261 e. The Labute approximate surface area is 147 Å². The normalized spacial score (nSPS) is 14.0. The topological polar surface area (TPSA) is 84.5 Å². The van der Waals surface area contributed by atoms with Gasteiger partial charge in [-0.25, -0.2) is 8.42 Å². The number of rotatable bonds is 7. The van der Waals surface area contributed by atoms with Crippen LogP contribution in [0.1, 0.15) is 23.2 Å². The van der Waals surface area contributed by atoms with Crippen molar-refractivity contribution in [3.63, 3.8) is 0 Å². The maximum atomic E-state index is 12.5. The van der Waals surface area contributed by atoms with Crippen LogP contribution in [-0.2, 0) is 10.0 Å². The Kier molecular flexibility index (Phi) is 4.94. The first-order chi connectivity index (χ1) is 12.0. The van der Waals surface area contributed by atoms with E-state index >= 15 is 0 Å². The van der Waals surface area contributed by atoms with E-state index in [1.54, 1.807) is 43.5 Å². The van der Waals surface area contributed by atoms with Crippen LogP contribution < -0.4 is 14.8 Å². The summed E-state index contributed by atoms with van der Waals surface area (Å²) in [6.45, 7) is 0.639. The number of anilines is 1. The molecule has 0 saturated heterocycles. The van der Waals surface area contributed by atoms with Crippen LogP contribution in [0.25, 0.3) is 0 Å². The Balaban J connectivity index is 1.74. The molecule has 0 atom stereocenters. The van der Waals surface area contributed by atoms with Gasteiger partial charge in [0, 0.05) is 17.8 Å². The zero-order valence-electron chi connectivity index (χ0n) is 13.9. The van der Waals surface area contributed by atoms with Gasteiger partial charge in [-0.1, -0.05) is 6.07 Å². The van der Waals surface area contributed by atoms with Crippen molar-refractivity contribution in [2.45, 2.75) is 17.7 Å². The Morgan fingerprint density at radius 2 is 1.88 bits per heavy atom. The highest BCUT2D eigenvalue weighted by Crippen LogP contribution is 2.27. The number of nitrogens with one attached hydrogen (secondary N) is 2. The zero-order chi connectivity index (χ0) is 17.9. The fraction of sp³-hybridized carbons (Fsp3) is 0.278. The molecule has 2 N–H and O–H groups in total. The number of ether oxygens (including phenoxy) is 1. The molecule has 0 bridgehead atoms. The second-order valence-electron chi connectivity index (χ2n) is 6.02. The summed E-state index contributed by atoms with van der Waals surface area (Å²) in [4.78, 5) is 12.2. The molecule has 1 aliphatic carbocycles. The van der Waals surface area contributed by atoms with Crippen molar-refractivity contribution >= 4 is 21.6 Å². The predicted octanol–water partition coefficient (Wildman–Crippen LogP) is 2.64. The molecule has 6 nitrogen and oxygen atoms in total. The minimum atomic E-state index is -3.78. The number of hydrogen-bond acceptors (Lipinski definition) is 4. The van der Waals surface area contributed by atoms with Gasteiger partial charge in [-0.3, -0.25) is 9.52 Å². The number of sulfonamides is 1. The molecule has 0 aliphatic heterocycles. The predicted molar refractivity (Wildman–Crippen MR) is 95.3 cm³/mol. The Hall–Kier alpha value is -2.54. The molecule has 1 fully saturated rings. The lowest BCUT2D eigenvalue weighted by molar-refractivity contribution is 0.0951. The molecule has 1 amide bonds. The van der Waals surface area contributed by atoms with Gasteiger partial charge in [0.25, 0.3) is 15.9 Å². The van der Waals surface area contributed by atoms with Crippen molar-refractivity contribution in [3.8, 4) is 5.75 Å². The standard InChI is InChI=1S/C18H20N2O4S/c1-24-16-9-7-15(8-10-16)20-25(22,23)17-4-2-3-14(11-17)18(21)19-12-13-5-6-13/h2-4,7-11,13,20H,5-6,12H2,1H3,(H,19,21). The second kappa shape index (κ2) is 7.14. The van der Waals surface area contributed by atoms with Gasteiger partial charge in [-0.15, -0.1) is 0 Å². The van der Waals surface area contributed by atoms with Crippen molar-refractivity contribution in [2.75, 3.05) is 18.4 Å². The highest BCUT2D eigenvalue weighted by molar-refractivity contribution is 7.92. The van der Waals surface area contributed by atoms with Crippen LogP contribution in [0.15, 0.2) is 53.4 Å². The fourth-order valence-corrected chi connectivity index (χ4v) is 3.44. The molecule has 132 valence electrons. The van der Waals surface area contributed by atoms with Crippen molar-refractivity contribution in [1.29, 1.82) is 0 Å². The molecular weight excluding hydrogens is 340 g/mol. The Morgan fingerprint density at radius 3 is 2.52 bits per heavy atom. The Morgan fingerprint density at radius 1 is 1.16 bits per heavy atom. The average molecular weight is 360 g/mol. The van der Waals surface area contributed by atoms with Crippen LogP contribution in [0.2, 0.25) is 0 Å². The quantitative estimate of drug-likeness (QED) is 0.795. The zero-order valence-corrected chi connectivity index (χ0v) is 14.7. The number of benzene rings is 2. The van der Waals surface area contributed by atoms with E-state index in [-0.39, 0.29) is 10.8 Å². The van der Waals surface area contributed by atoms with E-state index in [9.17, 15) is 13.2 Å². The van der Waals surface area contributed by atoms with E-state index in [2.05, 4.69) is 10.0 Å². The third kappa shape index (κ3) is 4.51. The molecule has 1 saturated carbocycles. The van der Waals surface area contributed by atoms with Gasteiger partial charge in [-0.2, -0.15) is 0 Å². The van der Waals surface area contributed by atoms with E-state index in [0.717, 1.165) is 12.8 Å². The van der Waals surface area contributed by atoms with Crippen molar-refractivity contribution in [2.24, 2.45) is 5.92 Å². The van der Waals surface area contributed by atoms with Gasteiger partial charge >= 0.3 is 0 Å². The average Bonchev–Trinajstić information content (AvgIpc) is 3.44. The molecule has 2 aromatic carbocycles. The minimum absolute atomic E-state index is 0.0439. The van der Waals surface area contributed by atoms with Crippen LogP contribution >= 0.6 is 0 Å². The van der Waals surface area contributed by atoms with Gasteiger partial charge in [0.1, 0.15) is 5.75 Å². The fourth-order valence-electron chi connectivity index (χ4n) is 2.34. The first-order valence-corrected chi connectivity index (χ1v) is 9.51. The number of hydrogen-bond donors (Lipinski definition) is 2. The lowest BCUT2D eigenvalue weighted by atomic mass is 10.2. The van der Waals surface area contributed by atoms with E-state index in [1.807, 2.05) is 0 Å². The minimum Gasteiger partial charge on any atom is -0.497 e. The number of amides is 1. The first kappa shape index (κ1) is 17.3. The number of carbonyl (C=O) groups excluding carboxylic acids is 1. The third-order valence-corrected chi connectivity index (χ3v) is 5.38. The van der Waals surface area contributed by atoms with E-state index in [1.165, 1.54) is 12.1 Å². The van der Waals surface area contributed by atoms with Crippen LogP contribution in [0, 0.1) is 5.92 Å². The van der Waals surface area contributed by atoms with E-state index < -0.39 is 10.0 Å². The van der Waals surface area contributed by atoms with E-state index in [4.69, 9.17) is 4.74 Å². The van der Waals surface area contributed by atoms with Crippen LogP contribution in [0.4, 0.5) is 5.69 Å². The highest BCUT2D eigenvalue weighted by Gasteiger charge is 2.22. The molecule has 0 heterocycles. The van der Waals surface area contributed by atoms with Gasteiger partial charge in [0.15, 0.2) is 0 Å². The summed E-state index contributed by atoms with van der Waals surface area (Å²) in [5.74, 6) is 0.943. The maximum absolute atomic E-state index is 12.5. The lowest BCUT2D eigenvalue weighted by Gasteiger charge is -2.10. The number of carbonyl (C=O) groups is 1. The van der Waals surface area contributed by atoms with Crippen molar-refractivity contribution < 1.29 is 17.9 Å². The molecule has 7 heteroatoms. The number of methoxy groups -OCH3 is 1. The monoisotopic (exact) mass is 360 g/mol. The van der Waals surface area contributed by atoms with Gasteiger partial charge in [-0.05, 0) is 61.2 Å². The van der Waals surface area contributed by atoms with Gasteiger partial charge < -0.3 is 10.1 Å².